The number of carboxylic acid groups (broad SMARTS) is 1. The van der Waals surface area contributed by atoms with E-state index in [0.29, 0.717) is 25.2 Å². The molecule has 2 aromatic rings. The number of aromatic nitrogens is 4. The van der Waals surface area contributed by atoms with Crippen molar-refractivity contribution in [1.29, 1.82) is 0 Å². The second-order valence-electron chi connectivity index (χ2n) is 6.01. The minimum Gasteiger partial charge on any atom is -0.481 e. The van der Waals surface area contributed by atoms with Crippen LogP contribution in [0.4, 0.5) is 0 Å². The molecular weight excluding hydrogens is 288 g/mol. The van der Waals surface area contributed by atoms with Gasteiger partial charge in [0.25, 0.3) is 0 Å². The molecule has 1 saturated carbocycles. The third kappa shape index (κ3) is 2.16. The molecule has 0 amide bonds. The maximum absolute atomic E-state index is 11.3. The summed E-state index contributed by atoms with van der Waals surface area (Å²) in [5.41, 5.74) is 0.760. The van der Waals surface area contributed by atoms with Crippen LogP contribution in [0.1, 0.15) is 36.1 Å². The van der Waals surface area contributed by atoms with Gasteiger partial charge in [-0.05, 0) is 60.6 Å². The fraction of sp³-hybridized carbons (Fsp3) is 0.571. The van der Waals surface area contributed by atoms with Gasteiger partial charge in [-0.25, -0.2) is 4.68 Å². The number of aryl methyl sites for hydroxylation is 2. The topological polar surface area (TPSA) is 80.9 Å². The Bertz CT molecular complexity index is 678. The monoisotopic (exact) mass is 304 g/mol. The number of rotatable bonds is 4. The molecule has 21 heavy (non-hydrogen) atoms. The van der Waals surface area contributed by atoms with Crippen molar-refractivity contribution in [3.8, 4) is 10.7 Å². The number of thiophene rings is 1. The lowest BCUT2D eigenvalue weighted by molar-refractivity contribution is -0.144. The first-order valence-electron chi connectivity index (χ1n) is 7.29. The van der Waals surface area contributed by atoms with Crippen molar-refractivity contribution in [3.05, 3.63) is 16.5 Å². The normalized spacial score (nSPS) is 19.2. The van der Waals surface area contributed by atoms with Gasteiger partial charge in [0, 0.05) is 4.88 Å². The van der Waals surface area contributed by atoms with Crippen LogP contribution in [0.3, 0.4) is 0 Å². The van der Waals surface area contributed by atoms with E-state index in [9.17, 15) is 9.90 Å². The zero-order valence-electron chi connectivity index (χ0n) is 11.6. The lowest BCUT2D eigenvalue weighted by atomic mass is 9.99. The van der Waals surface area contributed by atoms with E-state index in [2.05, 4.69) is 21.6 Å². The van der Waals surface area contributed by atoms with Crippen molar-refractivity contribution in [2.75, 3.05) is 0 Å². The summed E-state index contributed by atoms with van der Waals surface area (Å²) in [4.78, 5) is 13.8. The fourth-order valence-electron chi connectivity index (χ4n) is 2.97. The van der Waals surface area contributed by atoms with Crippen LogP contribution in [0.25, 0.3) is 10.7 Å². The first kappa shape index (κ1) is 12.9. The maximum Gasteiger partial charge on any atom is 0.311 e. The van der Waals surface area contributed by atoms with E-state index < -0.39 is 11.4 Å². The average Bonchev–Trinajstić information content (AvgIpc) is 2.94. The summed E-state index contributed by atoms with van der Waals surface area (Å²) in [5.74, 6) is -0.0312. The Morgan fingerprint density at radius 3 is 2.90 bits per heavy atom. The summed E-state index contributed by atoms with van der Waals surface area (Å²) >= 11 is 1.75. The standard InChI is InChI=1S/C14H16N4O2S/c19-13(20)14(5-6-14)8-18-12(15-16-17-18)11-7-9-3-1-2-4-10(9)21-11/h7H,1-6,8H2,(H,19,20). The number of carbonyl (C=O) groups is 1. The van der Waals surface area contributed by atoms with Gasteiger partial charge in [-0.15, -0.1) is 16.4 Å². The number of aliphatic carboxylic acids is 1. The predicted molar refractivity (Wildman–Crippen MR) is 77.1 cm³/mol. The Kier molecular flexibility index (Phi) is 2.85. The Morgan fingerprint density at radius 1 is 1.38 bits per heavy atom. The van der Waals surface area contributed by atoms with Crippen molar-refractivity contribution in [2.24, 2.45) is 5.41 Å². The highest BCUT2D eigenvalue weighted by atomic mass is 32.1. The lowest BCUT2D eigenvalue weighted by Crippen LogP contribution is -2.22. The van der Waals surface area contributed by atoms with Gasteiger partial charge in [0.05, 0.1) is 16.8 Å². The molecule has 2 aromatic heterocycles. The van der Waals surface area contributed by atoms with Crippen LogP contribution in [0.5, 0.6) is 0 Å². The molecule has 0 saturated heterocycles. The molecule has 0 unspecified atom stereocenters. The highest BCUT2D eigenvalue weighted by molar-refractivity contribution is 7.15. The number of tetrazole rings is 1. The van der Waals surface area contributed by atoms with Crippen molar-refractivity contribution >= 4 is 17.3 Å². The third-order valence-electron chi connectivity index (χ3n) is 4.51. The minimum atomic E-state index is -0.741. The second kappa shape index (κ2) is 4.62. The highest BCUT2D eigenvalue weighted by Gasteiger charge is 2.51. The van der Waals surface area contributed by atoms with Gasteiger partial charge in [-0.2, -0.15) is 0 Å². The molecule has 0 aromatic carbocycles. The molecule has 0 spiro atoms. The van der Waals surface area contributed by atoms with Gasteiger partial charge in [-0.1, -0.05) is 0 Å². The summed E-state index contributed by atoms with van der Waals surface area (Å²) in [6, 6.07) is 2.18. The van der Waals surface area contributed by atoms with Crippen molar-refractivity contribution in [2.45, 2.75) is 45.1 Å². The van der Waals surface area contributed by atoms with E-state index in [0.717, 1.165) is 17.7 Å². The van der Waals surface area contributed by atoms with Crippen LogP contribution in [-0.2, 0) is 24.2 Å². The van der Waals surface area contributed by atoms with E-state index >= 15 is 0 Å². The van der Waals surface area contributed by atoms with Crippen molar-refractivity contribution in [1.82, 2.24) is 20.2 Å². The smallest absolute Gasteiger partial charge is 0.311 e. The van der Waals surface area contributed by atoms with E-state index in [4.69, 9.17) is 0 Å². The summed E-state index contributed by atoms with van der Waals surface area (Å²) < 4.78 is 1.67. The fourth-order valence-corrected chi connectivity index (χ4v) is 4.21. The molecule has 1 N–H and O–H groups in total. The first-order chi connectivity index (χ1) is 10.2. The van der Waals surface area contributed by atoms with Crippen molar-refractivity contribution < 1.29 is 9.90 Å². The maximum atomic E-state index is 11.3. The molecule has 2 heterocycles. The molecule has 0 radical (unpaired) electrons. The molecule has 110 valence electrons. The average molecular weight is 304 g/mol. The Morgan fingerprint density at radius 2 is 2.19 bits per heavy atom. The number of carboxylic acids is 1. The summed E-state index contributed by atoms with van der Waals surface area (Å²) in [6.45, 7) is 0.368. The minimum absolute atomic E-state index is 0.368. The van der Waals surface area contributed by atoms with Crippen LogP contribution in [0, 0.1) is 5.41 Å². The van der Waals surface area contributed by atoms with Crippen LogP contribution in [0.2, 0.25) is 0 Å². The van der Waals surface area contributed by atoms with Crippen molar-refractivity contribution in [3.63, 3.8) is 0 Å². The molecule has 0 bridgehead atoms. The Labute approximate surface area is 125 Å². The molecule has 6 nitrogen and oxygen atoms in total. The second-order valence-corrected chi connectivity index (χ2v) is 7.15. The number of fused-ring (bicyclic) bond motifs is 1. The zero-order valence-corrected chi connectivity index (χ0v) is 12.4. The van der Waals surface area contributed by atoms with Crippen LogP contribution < -0.4 is 0 Å². The number of hydrogen-bond acceptors (Lipinski definition) is 5. The van der Waals surface area contributed by atoms with Crippen LogP contribution in [-0.4, -0.2) is 31.3 Å². The van der Waals surface area contributed by atoms with E-state index in [1.807, 2.05) is 0 Å². The summed E-state index contributed by atoms with van der Waals surface area (Å²) in [5, 5.41) is 21.2. The predicted octanol–water partition coefficient (Wildman–Crippen LogP) is 2.15. The molecular formula is C14H16N4O2S. The summed E-state index contributed by atoms with van der Waals surface area (Å²) in [7, 11) is 0. The zero-order chi connectivity index (χ0) is 14.4. The molecule has 7 heteroatoms. The SMILES string of the molecule is O=C(O)C1(Cn2nnnc2-c2cc3c(s2)CCCC3)CC1. The Balaban J connectivity index is 1.66. The van der Waals surface area contributed by atoms with Gasteiger partial charge in [-0.3, -0.25) is 4.79 Å². The molecule has 1 fully saturated rings. The van der Waals surface area contributed by atoms with Gasteiger partial charge < -0.3 is 5.11 Å². The van der Waals surface area contributed by atoms with Gasteiger partial charge in [0.15, 0.2) is 5.82 Å². The first-order valence-corrected chi connectivity index (χ1v) is 8.11. The molecule has 0 atom stereocenters. The third-order valence-corrected chi connectivity index (χ3v) is 5.74. The number of nitrogens with zero attached hydrogens (tertiary/aromatic N) is 4. The van der Waals surface area contributed by atoms with Crippen LogP contribution in [0.15, 0.2) is 6.07 Å². The highest BCUT2D eigenvalue weighted by Crippen LogP contribution is 2.47. The van der Waals surface area contributed by atoms with Gasteiger partial charge in [0.1, 0.15) is 0 Å². The lowest BCUT2D eigenvalue weighted by Gasteiger charge is -2.09. The van der Waals surface area contributed by atoms with E-state index in [1.165, 1.54) is 23.3 Å². The van der Waals surface area contributed by atoms with Gasteiger partial charge in [0.2, 0.25) is 0 Å². The Hall–Kier alpha value is -1.76. The number of hydrogen-bond donors (Lipinski definition) is 1. The molecule has 2 aliphatic carbocycles. The van der Waals surface area contributed by atoms with Crippen LogP contribution >= 0.6 is 11.3 Å². The van der Waals surface area contributed by atoms with E-state index in [-0.39, 0.29) is 0 Å². The molecule has 4 rings (SSSR count). The van der Waals surface area contributed by atoms with Gasteiger partial charge >= 0.3 is 5.97 Å². The molecule has 2 aliphatic rings. The van der Waals surface area contributed by atoms with E-state index in [1.54, 1.807) is 16.0 Å². The largest absolute Gasteiger partial charge is 0.481 e. The molecule has 0 aliphatic heterocycles. The summed E-state index contributed by atoms with van der Waals surface area (Å²) in [6.07, 6.45) is 6.19. The quantitative estimate of drug-likeness (QED) is 0.936.